The summed E-state index contributed by atoms with van der Waals surface area (Å²) in [5, 5.41) is 17.9. The third-order valence-electron chi connectivity index (χ3n) is 18.4. The quantitative estimate of drug-likeness (QED) is 0.0723. The molecule has 0 fully saturated rings. The number of anilines is 6. The molecule has 0 aliphatic heterocycles. The van der Waals surface area contributed by atoms with Crippen molar-refractivity contribution in [2.75, 3.05) is 9.80 Å². The van der Waals surface area contributed by atoms with E-state index in [9.17, 15) is 0 Å². The third-order valence-corrected chi connectivity index (χ3v) is 27.0. The largest absolute Gasteiger partial charge is 0.0616 e. The smallest absolute Gasteiger partial charge is 0.00201 e. The van der Waals surface area contributed by atoms with E-state index in [1.54, 1.807) is 0 Å². The standard InChI is InChI=1S/C46H44Ge2N2.C40H26/c1-47(2,3)35-21-25-39(26-22-35)49(37-13-9-7-10-14-37)43-31-19-33-18-30-42-44(32-20-34-17-29-41(43)45(33)46(34)42)50(38-15-11-8-12-16-38)40-27-23-36(24-28-40)48(4,5)6;1-2-12-31-26-32(25-22-27(31)10-1)28-20-23-30(24-21-28)39-35-15-5-7-17-37(35)40(38-18-8-6-16-36(38)39)34-19-9-13-29-11-3-4-14-33(29)34/h7-32H,1-6H3;1-26H. The fraction of sp³-hybridized carbons (Fsp3) is 0.0698. The molecule has 0 atom stereocenters. The van der Waals surface area contributed by atoms with Gasteiger partial charge in [-0.2, -0.15) is 0 Å². The summed E-state index contributed by atoms with van der Waals surface area (Å²) in [5.74, 6) is 14.8. The van der Waals surface area contributed by atoms with Gasteiger partial charge in [0.25, 0.3) is 0 Å². The molecule has 0 unspecified atom stereocenters. The Kier molecular flexibility index (Phi) is 14.7. The Bertz CT molecular complexity index is 5060. The van der Waals surface area contributed by atoms with E-state index in [1.165, 1.54) is 140 Å². The van der Waals surface area contributed by atoms with Crippen molar-refractivity contribution in [3.05, 3.63) is 315 Å². The van der Waals surface area contributed by atoms with Gasteiger partial charge in [0.1, 0.15) is 0 Å². The molecule has 0 radical (unpaired) electrons. The van der Waals surface area contributed by atoms with Gasteiger partial charge in [0, 0.05) is 0 Å². The molecule has 0 bridgehead atoms. The normalized spacial score (nSPS) is 11.9. The molecule has 0 saturated heterocycles. The van der Waals surface area contributed by atoms with E-state index >= 15 is 0 Å². The van der Waals surface area contributed by atoms with Crippen LogP contribution in [0.15, 0.2) is 315 Å². The summed E-state index contributed by atoms with van der Waals surface area (Å²) in [7, 11) is 0. The summed E-state index contributed by atoms with van der Waals surface area (Å²) in [4.78, 5) is 4.87. The Labute approximate surface area is 534 Å². The molecule has 90 heavy (non-hydrogen) atoms. The fourth-order valence-corrected chi connectivity index (χ4v) is 18.7. The zero-order valence-electron chi connectivity index (χ0n) is 51.9. The zero-order chi connectivity index (χ0) is 61.1. The van der Waals surface area contributed by atoms with Gasteiger partial charge < -0.3 is 0 Å². The molecule has 0 aliphatic carbocycles. The number of para-hydroxylation sites is 2. The topological polar surface area (TPSA) is 6.48 Å². The second-order valence-electron chi connectivity index (χ2n) is 26.0. The van der Waals surface area contributed by atoms with Crippen LogP contribution in [0.3, 0.4) is 0 Å². The molecule has 0 spiro atoms. The molecule has 0 aromatic heterocycles. The van der Waals surface area contributed by atoms with E-state index < -0.39 is 26.5 Å². The van der Waals surface area contributed by atoms with Crippen molar-refractivity contribution in [2.45, 2.75) is 34.5 Å². The van der Waals surface area contributed by atoms with Gasteiger partial charge in [0.2, 0.25) is 0 Å². The number of benzene rings is 16. The van der Waals surface area contributed by atoms with Gasteiger partial charge in [-0.3, -0.25) is 0 Å². The molecule has 0 amide bonds. The van der Waals surface area contributed by atoms with E-state index in [0.29, 0.717) is 0 Å². The summed E-state index contributed by atoms with van der Waals surface area (Å²) in [6, 6.07) is 116. The minimum Gasteiger partial charge on any atom is -0.0616 e. The maximum absolute atomic E-state index is 2.46. The van der Waals surface area contributed by atoms with E-state index in [-0.39, 0.29) is 0 Å². The number of hydrogen-bond acceptors (Lipinski definition) is 2. The molecule has 16 rings (SSSR count). The van der Waals surface area contributed by atoms with Crippen molar-refractivity contribution in [2.24, 2.45) is 0 Å². The van der Waals surface area contributed by atoms with Crippen LogP contribution in [0.5, 0.6) is 0 Å². The maximum Gasteiger partial charge on any atom is -0.00201 e. The molecular formula is C86H70Ge2N2. The number of nitrogens with zero attached hydrogens (tertiary/aromatic N) is 2. The molecular weight excluding hydrogens is 1210 g/mol. The Morgan fingerprint density at radius 1 is 0.222 bits per heavy atom. The first-order valence-electron chi connectivity index (χ1n) is 31.6. The Hall–Kier alpha value is -9.71. The van der Waals surface area contributed by atoms with Gasteiger partial charge in [-0.15, -0.1) is 0 Å². The van der Waals surface area contributed by atoms with Crippen LogP contribution >= 0.6 is 0 Å². The van der Waals surface area contributed by atoms with Crippen LogP contribution in [-0.2, 0) is 0 Å². The molecule has 2 nitrogen and oxygen atoms in total. The van der Waals surface area contributed by atoms with Gasteiger partial charge in [0.15, 0.2) is 0 Å². The Balaban J connectivity index is 0.000000154. The van der Waals surface area contributed by atoms with Crippen molar-refractivity contribution in [1.82, 2.24) is 0 Å². The van der Waals surface area contributed by atoms with Crippen LogP contribution in [0.4, 0.5) is 34.1 Å². The van der Waals surface area contributed by atoms with Gasteiger partial charge in [-0.05, 0) is 82.5 Å². The van der Waals surface area contributed by atoms with Gasteiger partial charge in [-0.1, -0.05) is 152 Å². The third kappa shape index (κ3) is 10.5. The second-order valence-corrected chi connectivity index (χ2v) is 47.3. The molecule has 4 heteroatoms. The monoisotopic (exact) mass is 1280 g/mol. The number of hydrogen-bond donors (Lipinski definition) is 0. The molecule has 432 valence electrons. The first-order valence-corrected chi connectivity index (χ1v) is 46.2. The molecule has 16 aromatic rings. The van der Waals surface area contributed by atoms with Crippen LogP contribution in [-0.4, -0.2) is 26.5 Å². The molecule has 0 N–H and O–H groups in total. The zero-order valence-corrected chi connectivity index (χ0v) is 56.1. The predicted octanol–water partition coefficient (Wildman–Crippen LogP) is 23.9. The van der Waals surface area contributed by atoms with Gasteiger partial charge in [-0.25, -0.2) is 0 Å². The summed E-state index contributed by atoms with van der Waals surface area (Å²) in [5.41, 5.74) is 14.7. The number of rotatable bonds is 11. The van der Waals surface area contributed by atoms with E-state index in [2.05, 4.69) is 360 Å². The Morgan fingerprint density at radius 2 is 0.589 bits per heavy atom. The van der Waals surface area contributed by atoms with Crippen LogP contribution in [0.25, 0.3) is 109 Å². The fourth-order valence-electron chi connectivity index (χ4n) is 13.8. The van der Waals surface area contributed by atoms with Crippen molar-refractivity contribution >= 4 is 145 Å². The molecule has 0 aliphatic rings. The van der Waals surface area contributed by atoms with Crippen LogP contribution in [0.1, 0.15) is 0 Å². The minimum absolute atomic E-state index is 1.16. The maximum atomic E-state index is 2.46. The SMILES string of the molecule is [CH3][Ge]([CH3])([CH3])[c]1ccc(N(c2ccccc2)c2ccc3ccc4c(N(c5ccccc5)c5cc[c]([Ge]([CH3])([CH3])[CH3])cc5)ccc5ccc2c3c54)cc1.c1ccc2cc(-c3ccc(-c4c5ccccc5c(-c5cccc6ccccc56)c5ccccc45)cc3)ccc2c1. The molecule has 0 heterocycles. The van der Waals surface area contributed by atoms with Crippen LogP contribution in [0, 0.1) is 0 Å². The Morgan fingerprint density at radius 3 is 1.08 bits per heavy atom. The van der Waals surface area contributed by atoms with E-state index in [4.69, 9.17) is 0 Å². The average molecular weight is 1280 g/mol. The predicted molar refractivity (Wildman–Crippen MR) is 398 cm³/mol. The van der Waals surface area contributed by atoms with Crippen LogP contribution in [0.2, 0.25) is 34.5 Å². The van der Waals surface area contributed by atoms with Crippen molar-refractivity contribution in [3.8, 4) is 33.4 Å². The summed E-state index contributed by atoms with van der Waals surface area (Å²) < 4.78 is 3.03. The molecule has 16 aromatic carbocycles. The first-order chi connectivity index (χ1) is 43.9. The van der Waals surface area contributed by atoms with Gasteiger partial charge in [0.05, 0.1) is 0 Å². The first kappa shape index (κ1) is 56.8. The summed E-state index contributed by atoms with van der Waals surface area (Å²) in [6.45, 7) is 0. The molecule has 0 saturated carbocycles. The van der Waals surface area contributed by atoms with Crippen molar-refractivity contribution in [3.63, 3.8) is 0 Å². The average Bonchev–Trinajstić information content (AvgIpc) is 0.802. The van der Waals surface area contributed by atoms with Crippen molar-refractivity contribution in [1.29, 1.82) is 0 Å². The summed E-state index contributed by atoms with van der Waals surface area (Å²) in [6.07, 6.45) is 0. The summed E-state index contributed by atoms with van der Waals surface area (Å²) >= 11 is -3.93. The minimum atomic E-state index is -1.97. The number of fused-ring (bicyclic) bond motifs is 4. The van der Waals surface area contributed by atoms with E-state index in [1.807, 2.05) is 0 Å². The van der Waals surface area contributed by atoms with Crippen molar-refractivity contribution < 1.29 is 0 Å². The van der Waals surface area contributed by atoms with E-state index in [0.717, 1.165) is 11.4 Å². The van der Waals surface area contributed by atoms with Gasteiger partial charge >= 0.3 is 304 Å². The van der Waals surface area contributed by atoms with Crippen LogP contribution < -0.4 is 18.6 Å². The second kappa shape index (κ2) is 23.3.